The molecule has 0 aromatic heterocycles. The molecule has 7 heteroatoms. The topological polar surface area (TPSA) is 76.7 Å². The van der Waals surface area contributed by atoms with Gasteiger partial charge in [0.2, 0.25) is 5.91 Å². The Balaban J connectivity index is 1.64. The Morgan fingerprint density at radius 1 is 0.962 bits per heavy atom. The predicted octanol–water partition coefficient (Wildman–Crippen LogP) is 2.66. The number of carbonyl (C=O) groups excluding carboxylic acids is 2. The van der Waals surface area contributed by atoms with Crippen LogP contribution in [0.25, 0.3) is 0 Å². The molecule has 2 N–H and O–H groups in total. The molecule has 0 saturated carbocycles. The molecule has 138 valence electrons. The Morgan fingerprint density at radius 2 is 1.62 bits per heavy atom. The van der Waals surface area contributed by atoms with E-state index >= 15 is 0 Å². The van der Waals surface area contributed by atoms with E-state index < -0.39 is 5.91 Å². The van der Waals surface area contributed by atoms with Crippen molar-refractivity contribution < 1.29 is 19.1 Å². The number of carbonyl (C=O) groups is 2. The van der Waals surface area contributed by atoms with Gasteiger partial charge in [0, 0.05) is 0 Å². The minimum Gasteiger partial charge on any atom is -0.494 e. The number of benzene rings is 2. The second-order valence-corrected chi connectivity index (χ2v) is 5.67. The average molecular weight is 377 g/mol. The summed E-state index contributed by atoms with van der Waals surface area (Å²) in [6, 6.07) is 13.9. The number of hydrogen-bond donors (Lipinski definition) is 2. The molecule has 2 rings (SSSR count). The highest BCUT2D eigenvalue weighted by Crippen LogP contribution is 2.17. The third kappa shape index (κ3) is 6.29. The number of amides is 2. The van der Waals surface area contributed by atoms with Gasteiger partial charge in [-0.15, -0.1) is 0 Å². The minimum absolute atomic E-state index is 0.132. The molecule has 6 nitrogen and oxygen atoms in total. The molecule has 0 aliphatic rings. The summed E-state index contributed by atoms with van der Waals surface area (Å²) in [5.41, 5.74) is 0.334. The zero-order chi connectivity index (χ0) is 18.8. The fraction of sp³-hybridized carbons (Fsp3) is 0.263. The molecule has 0 fully saturated rings. The number of hydrogen-bond acceptors (Lipinski definition) is 4. The second kappa shape index (κ2) is 10.3. The molecule has 0 radical (unpaired) electrons. The first-order valence-electron chi connectivity index (χ1n) is 8.25. The molecule has 0 heterocycles. The first-order chi connectivity index (χ1) is 12.6. The van der Waals surface area contributed by atoms with Gasteiger partial charge in [-0.05, 0) is 43.3 Å². The van der Waals surface area contributed by atoms with Gasteiger partial charge in [-0.1, -0.05) is 23.7 Å². The van der Waals surface area contributed by atoms with E-state index in [4.69, 9.17) is 21.1 Å². The number of halogens is 1. The van der Waals surface area contributed by atoms with Crippen LogP contribution in [-0.2, 0) is 4.79 Å². The molecular weight excluding hydrogens is 356 g/mol. The average Bonchev–Trinajstić information content (AvgIpc) is 2.65. The molecule has 0 unspecified atom stereocenters. The fourth-order valence-corrected chi connectivity index (χ4v) is 2.34. The molecule has 2 aromatic rings. The normalized spacial score (nSPS) is 10.1. The molecule has 0 aliphatic carbocycles. The van der Waals surface area contributed by atoms with E-state index in [1.165, 1.54) is 0 Å². The molecular formula is C19H21ClN2O4. The lowest BCUT2D eigenvalue weighted by Crippen LogP contribution is -2.38. The number of rotatable bonds is 9. The van der Waals surface area contributed by atoms with Crippen molar-refractivity contribution in [1.82, 2.24) is 10.6 Å². The lowest BCUT2D eigenvalue weighted by Gasteiger charge is -2.10. The Morgan fingerprint density at radius 3 is 2.27 bits per heavy atom. The van der Waals surface area contributed by atoms with Gasteiger partial charge in [-0.3, -0.25) is 9.59 Å². The Hall–Kier alpha value is -2.73. The van der Waals surface area contributed by atoms with Crippen molar-refractivity contribution in [2.24, 2.45) is 0 Å². The molecule has 2 amide bonds. The van der Waals surface area contributed by atoms with Crippen LogP contribution in [0.3, 0.4) is 0 Å². The van der Waals surface area contributed by atoms with Crippen molar-refractivity contribution >= 4 is 23.4 Å². The molecule has 0 atom stereocenters. The quantitative estimate of drug-likeness (QED) is 0.660. The van der Waals surface area contributed by atoms with Crippen LogP contribution in [0.2, 0.25) is 5.02 Å². The maximum atomic E-state index is 11.9. The van der Waals surface area contributed by atoms with E-state index in [1.807, 2.05) is 19.1 Å². The monoisotopic (exact) mass is 376 g/mol. The smallest absolute Gasteiger partial charge is 0.253 e. The molecule has 0 saturated heterocycles. The van der Waals surface area contributed by atoms with Gasteiger partial charge >= 0.3 is 0 Å². The standard InChI is InChI=1S/C19H21ClN2O4/c1-2-25-14-7-9-15(10-8-14)26-12-11-21-18(23)13-22-19(24)16-5-3-4-6-17(16)20/h3-10H,2,11-13H2,1H3,(H,21,23)(H,22,24). The van der Waals surface area contributed by atoms with Gasteiger partial charge in [-0.25, -0.2) is 0 Å². The second-order valence-electron chi connectivity index (χ2n) is 5.27. The predicted molar refractivity (Wildman–Crippen MR) is 99.9 cm³/mol. The molecule has 0 spiro atoms. The Labute approximate surface area is 157 Å². The van der Waals surface area contributed by atoms with Crippen LogP contribution in [0.4, 0.5) is 0 Å². The lowest BCUT2D eigenvalue weighted by atomic mass is 10.2. The summed E-state index contributed by atoms with van der Waals surface area (Å²) in [7, 11) is 0. The minimum atomic E-state index is -0.392. The van der Waals surface area contributed by atoms with Crippen LogP contribution < -0.4 is 20.1 Å². The van der Waals surface area contributed by atoms with Crippen molar-refractivity contribution in [2.75, 3.05) is 26.3 Å². The zero-order valence-electron chi connectivity index (χ0n) is 14.5. The van der Waals surface area contributed by atoms with Crippen molar-refractivity contribution in [2.45, 2.75) is 6.92 Å². The van der Waals surface area contributed by atoms with Gasteiger partial charge in [-0.2, -0.15) is 0 Å². The zero-order valence-corrected chi connectivity index (χ0v) is 15.2. The highest BCUT2D eigenvalue weighted by molar-refractivity contribution is 6.33. The highest BCUT2D eigenvalue weighted by atomic mass is 35.5. The van der Waals surface area contributed by atoms with Gasteiger partial charge in [0.1, 0.15) is 18.1 Å². The van der Waals surface area contributed by atoms with Gasteiger partial charge in [0.25, 0.3) is 5.91 Å². The summed E-state index contributed by atoms with van der Waals surface area (Å²) in [4.78, 5) is 23.7. The van der Waals surface area contributed by atoms with E-state index in [-0.39, 0.29) is 12.5 Å². The molecule has 2 aromatic carbocycles. The van der Waals surface area contributed by atoms with Crippen LogP contribution in [0.1, 0.15) is 17.3 Å². The first-order valence-corrected chi connectivity index (χ1v) is 8.63. The SMILES string of the molecule is CCOc1ccc(OCCNC(=O)CNC(=O)c2ccccc2Cl)cc1. The molecule has 0 aliphatic heterocycles. The van der Waals surface area contributed by atoms with Crippen molar-refractivity contribution in [3.05, 3.63) is 59.1 Å². The third-order valence-electron chi connectivity index (χ3n) is 3.36. The van der Waals surface area contributed by atoms with Gasteiger partial charge in [0.05, 0.1) is 30.3 Å². The fourth-order valence-electron chi connectivity index (χ4n) is 2.12. The van der Waals surface area contributed by atoms with Crippen molar-refractivity contribution in [1.29, 1.82) is 0 Å². The van der Waals surface area contributed by atoms with Gasteiger partial charge in [0.15, 0.2) is 0 Å². The molecule has 0 bridgehead atoms. The largest absolute Gasteiger partial charge is 0.494 e. The van der Waals surface area contributed by atoms with E-state index in [1.54, 1.807) is 36.4 Å². The number of nitrogens with one attached hydrogen (secondary N) is 2. The van der Waals surface area contributed by atoms with E-state index in [0.717, 1.165) is 5.75 Å². The summed E-state index contributed by atoms with van der Waals surface area (Å²) in [5, 5.41) is 5.54. The maximum absolute atomic E-state index is 11.9. The summed E-state index contributed by atoms with van der Waals surface area (Å²) in [6.45, 7) is 3.04. The van der Waals surface area contributed by atoms with Gasteiger partial charge < -0.3 is 20.1 Å². The summed E-state index contributed by atoms with van der Waals surface area (Å²) in [6.07, 6.45) is 0. The third-order valence-corrected chi connectivity index (χ3v) is 3.69. The maximum Gasteiger partial charge on any atom is 0.253 e. The van der Waals surface area contributed by atoms with Crippen LogP contribution in [0.15, 0.2) is 48.5 Å². The number of ether oxygens (including phenoxy) is 2. The van der Waals surface area contributed by atoms with Crippen LogP contribution in [-0.4, -0.2) is 38.1 Å². The summed E-state index contributed by atoms with van der Waals surface area (Å²) in [5.74, 6) is 0.772. The van der Waals surface area contributed by atoms with Crippen molar-refractivity contribution in [3.8, 4) is 11.5 Å². The lowest BCUT2D eigenvalue weighted by molar-refractivity contribution is -0.120. The Bertz CT molecular complexity index is 735. The summed E-state index contributed by atoms with van der Waals surface area (Å²) < 4.78 is 10.9. The first kappa shape index (κ1) is 19.6. The highest BCUT2D eigenvalue weighted by Gasteiger charge is 2.10. The molecule has 26 heavy (non-hydrogen) atoms. The van der Waals surface area contributed by atoms with E-state index in [9.17, 15) is 9.59 Å². The van der Waals surface area contributed by atoms with Crippen LogP contribution in [0, 0.1) is 0 Å². The summed E-state index contributed by atoms with van der Waals surface area (Å²) >= 11 is 5.94. The van der Waals surface area contributed by atoms with E-state index in [2.05, 4.69) is 10.6 Å². The Kier molecular flexibility index (Phi) is 7.76. The van der Waals surface area contributed by atoms with E-state index in [0.29, 0.717) is 36.1 Å². The van der Waals surface area contributed by atoms with Crippen LogP contribution >= 0.6 is 11.6 Å². The van der Waals surface area contributed by atoms with Crippen LogP contribution in [0.5, 0.6) is 11.5 Å². The van der Waals surface area contributed by atoms with Crippen molar-refractivity contribution in [3.63, 3.8) is 0 Å².